The van der Waals surface area contributed by atoms with Gasteiger partial charge in [-0.2, -0.15) is 0 Å². The molecule has 126 valence electrons. The van der Waals surface area contributed by atoms with Crippen molar-refractivity contribution in [1.82, 2.24) is 5.32 Å². The molecule has 1 fully saturated rings. The average Bonchev–Trinajstić information content (AvgIpc) is 3.10. The van der Waals surface area contributed by atoms with Crippen LogP contribution in [0.25, 0.3) is 0 Å². The van der Waals surface area contributed by atoms with E-state index in [-0.39, 0.29) is 11.3 Å². The van der Waals surface area contributed by atoms with Crippen LogP contribution in [0.1, 0.15) is 41.6 Å². The topological polar surface area (TPSA) is 38.3 Å². The number of carbonyl (C=O) groups is 1. The molecule has 24 heavy (non-hydrogen) atoms. The summed E-state index contributed by atoms with van der Waals surface area (Å²) in [6.45, 7) is 0.628. The summed E-state index contributed by atoms with van der Waals surface area (Å²) >= 11 is 6.12. The first-order valence-corrected chi connectivity index (χ1v) is 8.70. The lowest BCUT2D eigenvalue weighted by Crippen LogP contribution is -2.39. The quantitative estimate of drug-likeness (QED) is 0.862. The molecule has 0 spiro atoms. The lowest BCUT2D eigenvalue weighted by Gasteiger charge is -2.30. The van der Waals surface area contributed by atoms with Gasteiger partial charge in [0.05, 0.1) is 17.7 Å². The minimum Gasteiger partial charge on any atom is -0.497 e. The van der Waals surface area contributed by atoms with Crippen LogP contribution >= 0.6 is 11.6 Å². The zero-order valence-corrected chi connectivity index (χ0v) is 14.6. The molecule has 1 aliphatic rings. The van der Waals surface area contributed by atoms with Gasteiger partial charge < -0.3 is 10.1 Å². The van der Waals surface area contributed by atoms with Crippen LogP contribution in [0.5, 0.6) is 5.75 Å². The molecule has 3 rings (SSSR count). The summed E-state index contributed by atoms with van der Waals surface area (Å²) in [5.41, 5.74) is 1.80. The van der Waals surface area contributed by atoms with Crippen molar-refractivity contribution in [2.24, 2.45) is 0 Å². The number of rotatable bonds is 5. The van der Waals surface area contributed by atoms with Crippen molar-refractivity contribution in [3.05, 3.63) is 64.7 Å². The fraction of sp³-hybridized carbons (Fsp3) is 0.350. The Labute approximate surface area is 148 Å². The molecule has 3 nitrogen and oxygen atoms in total. The van der Waals surface area contributed by atoms with Crippen LogP contribution in [0.4, 0.5) is 0 Å². The van der Waals surface area contributed by atoms with E-state index in [9.17, 15) is 4.79 Å². The molecule has 1 amide bonds. The monoisotopic (exact) mass is 343 g/mol. The molecule has 0 radical (unpaired) electrons. The fourth-order valence-electron chi connectivity index (χ4n) is 3.55. The van der Waals surface area contributed by atoms with E-state index < -0.39 is 0 Å². The lowest BCUT2D eigenvalue weighted by atomic mass is 9.78. The van der Waals surface area contributed by atoms with Crippen molar-refractivity contribution in [1.29, 1.82) is 0 Å². The Hall–Kier alpha value is -2.00. The normalized spacial score (nSPS) is 15.9. The highest BCUT2D eigenvalue weighted by Gasteiger charge is 2.36. The average molecular weight is 344 g/mol. The molecular formula is C20H22ClNO2. The van der Waals surface area contributed by atoms with Gasteiger partial charge in [-0.15, -0.1) is 0 Å². The van der Waals surface area contributed by atoms with Gasteiger partial charge in [0.2, 0.25) is 0 Å². The molecule has 0 unspecified atom stereocenters. The van der Waals surface area contributed by atoms with Crippen molar-refractivity contribution in [3.8, 4) is 5.75 Å². The number of methoxy groups -OCH3 is 1. The molecule has 0 saturated heterocycles. The second-order valence-electron chi connectivity index (χ2n) is 6.38. The van der Waals surface area contributed by atoms with E-state index >= 15 is 0 Å². The van der Waals surface area contributed by atoms with Gasteiger partial charge in [-0.25, -0.2) is 0 Å². The van der Waals surface area contributed by atoms with Crippen LogP contribution in [0, 0.1) is 0 Å². The number of ether oxygens (including phenoxy) is 1. The van der Waals surface area contributed by atoms with E-state index in [0.717, 1.165) is 18.6 Å². The van der Waals surface area contributed by atoms with Crippen LogP contribution < -0.4 is 10.1 Å². The number of hydrogen-bond acceptors (Lipinski definition) is 2. The summed E-state index contributed by atoms with van der Waals surface area (Å²) in [5.74, 6) is 0.743. The zero-order chi connectivity index (χ0) is 17.0. The summed E-state index contributed by atoms with van der Waals surface area (Å²) in [6, 6.07) is 15.4. The first-order chi connectivity index (χ1) is 11.6. The summed E-state index contributed by atoms with van der Waals surface area (Å²) < 4.78 is 5.25. The predicted octanol–water partition coefficient (Wildman–Crippen LogP) is 4.59. The smallest absolute Gasteiger partial charge is 0.252 e. The SMILES string of the molecule is COc1ccc(C2(CNC(=O)c3ccccc3Cl)CCCC2)cc1. The van der Waals surface area contributed by atoms with Crippen LogP contribution in [-0.4, -0.2) is 19.6 Å². The van der Waals surface area contributed by atoms with Gasteiger partial charge in [-0.3, -0.25) is 4.79 Å². The Kier molecular flexibility index (Phi) is 5.10. The first-order valence-electron chi connectivity index (χ1n) is 8.32. The van der Waals surface area contributed by atoms with E-state index in [1.54, 1.807) is 19.2 Å². The van der Waals surface area contributed by atoms with Gasteiger partial charge in [-0.1, -0.05) is 48.7 Å². The third-order valence-corrected chi connectivity index (χ3v) is 5.30. The van der Waals surface area contributed by atoms with Gasteiger partial charge in [0.15, 0.2) is 0 Å². The minimum atomic E-state index is -0.111. The second kappa shape index (κ2) is 7.27. The Balaban J connectivity index is 1.76. The molecule has 0 heterocycles. The summed E-state index contributed by atoms with van der Waals surface area (Å²) in [7, 11) is 1.67. The van der Waals surface area contributed by atoms with Gasteiger partial charge in [-0.05, 0) is 42.7 Å². The largest absolute Gasteiger partial charge is 0.497 e. The molecule has 0 aliphatic heterocycles. The summed E-state index contributed by atoms with van der Waals surface area (Å²) in [6.07, 6.45) is 4.55. The van der Waals surface area contributed by atoms with E-state index in [1.807, 2.05) is 24.3 Å². The van der Waals surface area contributed by atoms with E-state index in [1.165, 1.54) is 18.4 Å². The molecule has 2 aromatic rings. The van der Waals surface area contributed by atoms with Crippen LogP contribution in [0.15, 0.2) is 48.5 Å². The molecule has 4 heteroatoms. The summed E-state index contributed by atoms with van der Waals surface area (Å²) in [5, 5.41) is 3.58. The number of amides is 1. The van der Waals surface area contributed by atoms with Crippen molar-refractivity contribution in [3.63, 3.8) is 0 Å². The Morgan fingerprint density at radius 1 is 1.12 bits per heavy atom. The molecule has 0 atom stereocenters. The third-order valence-electron chi connectivity index (χ3n) is 4.97. The number of hydrogen-bond donors (Lipinski definition) is 1. The molecular weight excluding hydrogens is 322 g/mol. The first kappa shape index (κ1) is 16.8. The van der Waals surface area contributed by atoms with Gasteiger partial charge in [0, 0.05) is 12.0 Å². The molecule has 0 aromatic heterocycles. The summed E-state index contributed by atoms with van der Waals surface area (Å²) in [4.78, 5) is 12.5. The third kappa shape index (κ3) is 3.41. The van der Waals surface area contributed by atoms with Gasteiger partial charge in [0.25, 0.3) is 5.91 Å². The van der Waals surface area contributed by atoms with Crippen LogP contribution in [0.2, 0.25) is 5.02 Å². The Morgan fingerprint density at radius 2 is 1.79 bits per heavy atom. The maximum absolute atomic E-state index is 12.5. The lowest BCUT2D eigenvalue weighted by molar-refractivity contribution is 0.0943. The zero-order valence-electron chi connectivity index (χ0n) is 13.8. The standard InChI is InChI=1S/C20H22ClNO2/c1-24-16-10-8-15(9-11-16)20(12-4-5-13-20)14-22-19(23)17-6-2-3-7-18(17)21/h2-3,6-11H,4-5,12-14H2,1H3,(H,22,23). The van der Waals surface area contributed by atoms with Crippen LogP contribution in [0.3, 0.4) is 0 Å². The second-order valence-corrected chi connectivity index (χ2v) is 6.79. The predicted molar refractivity (Wildman–Crippen MR) is 96.9 cm³/mol. The van der Waals surface area contributed by atoms with Crippen molar-refractivity contribution in [2.45, 2.75) is 31.1 Å². The Morgan fingerprint density at radius 3 is 2.42 bits per heavy atom. The molecule has 1 saturated carbocycles. The minimum absolute atomic E-state index is 0.00316. The molecule has 1 N–H and O–H groups in total. The van der Waals surface area contributed by atoms with Gasteiger partial charge >= 0.3 is 0 Å². The van der Waals surface area contributed by atoms with E-state index in [0.29, 0.717) is 17.1 Å². The van der Waals surface area contributed by atoms with Crippen molar-refractivity contribution < 1.29 is 9.53 Å². The number of carbonyl (C=O) groups excluding carboxylic acids is 1. The molecule has 1 aliphatic carbocycles. The highest BCUT2D eigenvalue weighted by atomic mass is 35.5. The van der Waals surface area contributed by atoms with Crippen LogP contribution in [-0.2, 0) is 5.41 Å². The maximum Gasteiger partial charge on any atom is 0.252 e. The maximum atomic E-state index is 12.5. The van der Waals surface area contributed by atoms with Crippen molar-refractivity contribution in [2.75, 3.05) is 13.7 Å². The number of nitrogens with one attached hydrogen (secondary N) is 1. The number of benzene rings is 2. The Bertz CT molecular complexity index is 706. The van der Waals surface area contributed by atoms with Gasteiger partial charge in [0.1, 0.15) is 5.75 Å². The molecule has 0 bridgehead atoms. The fourth-order valence-corrected chi connectivity index (χ4v) is 3.78. The number of halogens is 1. The highest BCUT2D eigenvalue weighted by molar-refractivity contribution is 6.33. The van der Waals surface area contributed by atoms with E-state index in [2.05, 4.69) is 17.4 Å². The van der Waals surface area contributed by atoms with E-state index in [4.69, 9.17) is 16.3 Å². The van der Waals surface area contributed by atoms with Crippen molar-refractivity contribution >= 4 is 17.5 Å². The molecule has 2 aromatic carbocycles. The highest BCUT2D eigenvalue weighted by Crippen LogP contribution is 2.41.